The average molecular weight is 236 g/mol. The van der Waals surface area contributed by atoms with E-state index in [1.165, 1.54) is 0 Å². The summed E-state index contributed by atoms with van der Waals surface area (Å²) < 4.78 is 10.4. The topological polar surface area (TPSA) is 64.4 Å². The molecule has 1 aliphatic heterocycles. The Labute approximate surface area is 99.5 Å². The molecule has 1 saturated heterocycles. The zero-order chi connectivity index (χ0) is 11.7. The third-order valence-electron chi connectivity index (χ3n) is 3.32. The molecule has 1 saturated carbocycles. The molecule has 0 aromatic carbocycles. The van der Waals surface area contributed by atoms with Crippen molar-refractivity contribution in [2.24, 2.45) is 5.92 Å². The van der Waals surface area contributed by atoms with E-state index in [0.29, 0.717) is 24.1 Å². The van der Waals surface area contributed by atoms with Crippen molar-refractivity contribution in [2.75, 3.05) is 19.8 Å². The fraction of sp³-hybridized carbons (Fsp3) is 0.667. The van der Waals surface area contributed by atoms with E-state index in [1.807, 2.05) is 0 Å². The van der Waals surface area contributed by atoms with Crippen LogP contribution in [0.5, 0.6) is 0 Å². The lowest BCUT2D eigenvalue weighted by molar-refractivity contribution is 0.0936. The maximum Gasteiger partial charge on any atom is 0.273 e. The molecule has 0 spiro atoms. The minimum atomic E-state index is -0.146. The van der Waals surface area contributed by atoms with Crippen LogP contribution in [0.3, 0.4) is 0 Å². The van der Waals surface area contributed by atoms with Gasteiger partial charge >= 0.3 is 0 Å². The van der Waals surface area contributed by atoms with Crippen LogP contribution >= 0.6 is 0 Å². The van der Waals surface area contributed by atoms with Crippen molar-refractivity contribution in [3.63, 3.8) is 0 Å². The van der Waals surface area contributed by atoms with Crippen LogP contribution in [0.1, 0.15) is 41.4 Å². The molecule has 2 aliphatic rings. The number of aromatic nitrogens is 1. The first-order chi connectivity index (χ1) is 8.33. The van der Waals surface area contributed by atoms with Gasteiger partial charge < -0.3 is 14.6 Å². The van der Waals surface area contributed by atoms with E-state index >= 15 is 0 Å². The van der Waals surface area contributed by atoms with E-state index in [9.17, 15) is 4.79 Å². The highest BCUT2D eigenvalue weighted by molar-refractivity contribution is 5.92. The van der Waals surface area contributed by atoms with Gasteiger partial charge in [-0.2, -0.15) is 0 Å². The van der Waals surface area contributed by atoms with E-state index in [-0.39, 0.29) is 5.91 Å². The van der Waals surface area contributed by atoms with Crippen molar-refractivity contribution in [3.8, 4) is 0 Å². The Morgan fingerprint density at radius 1 is 1.47 bits per heavy atom. The molecule has 5 nitrogen and oxygen atoms in total. The first-order valence-corrected chi connectivity index (χ1v) is 6.15. The second-order valence-electron chi connectivity index (χ2n) is 4.83. The minimum absolute atomic E-state index is 0.146. The Balaban J connectivity index is 1.53. The van der Waals surface area contributed by atoms with Gasteiger partial charge in [-0.25, -0.2) is 0 Å². The van der Waals surface area contributed by atoms with E-state index in [1.54, 1.807) is 6.07 Å². The smallest absolute Gasteiger partial charge is 0.273 e. The Bertz CT molecular complexity index is 406. The summed E-state index contributed by atoms with van der Waals surface area (Å²) in [7, 11) is 0. The van der Waals surface area contributed by atoms with Crippen LogP contribution in [0.15, 0.2) is 10.6 Å². The third-order valence-corrected chi connectivity index (χ3v) is 3.32. The fourth-order valence-electron chi connectivity index (χ4n) is 2.03. The number of nitrogens with zero attached hydrogens (tertiary/aromatic N) is 1. The molecule has 1 aliphatic carbocycles. The second kappa shape index (κ2) is 4.49. The van der Waals surface area contributed by atoms with Crippen molar-refractivity contribution in [1.29, 1.82) is 0 Å². The number of carbonyl (C=O) groups excluding carboxylic acids is 1. The molecule has 1 aromatic heterocycles. The van der Waals surface area contributed by atoms with Gasteiger partial charge in [0, 0.05) is 31.1 Å². The molecule has 3 rings (SSSR count). The van der Waals surface area contributed by atoms with Gasteiger partial charge in [0.2, 0.25) is 0 Å². The number of amides is 1. The van der Waals surface area contributed by atoms with Gasteiger partial charge in [0.1, 0.15) is 5.76 Å². The molecule has 1 atom stereocenters. The predicted molar refractivity (Wildman–Crippen MR) is 59.7 cm³/mol. The highest BCUT2D eigenvalue weighted by atomic mass is 16.5. The summed E-state index contributed by atoms with van der Waals surface area (Å²) >= 11 is 0. The molecular weight excluding hydrogens is 220 g/mol. The van der Waals surface area contributed by atoms with Gasteiger partial charge in [0.15, 0.2) is 5.69 Å². The zero-order valence-corrected chi connectivity index (χ0v) is 9.65. The van der Waals surface area contributed by atoms with Crippen molar-refractivity contribution < 1.29 is 14.1 Å². The Kier molecular flexibility index (Phi) is 2.84. The monoisotopic (exact) mass is 236 g/mol. The maximum atomic E-state index is 11.8. The number of hydrogen-bond acceptors (Lipinski definition) is 4. The van der Waals surface area contributed by atoms with Crippen LogP contribution in [0, 0.1) is 5.92 Å². The van der Waals surface area contributed by atoms with Gasteiger partial charge in [-0.1, -0.05) is 5.16 Å². The number of rotatable bonds is 4. The molecule has 0 unspecified atom stereocenters. The molecule has 1 aromatic rings. The van der Waals surface area contributed by atoms with E-state index < -0.39 is 0 Å². The largest absolute Gasteiger partial charge is 0.381 e. The molecule has 1 N–H and O–H groups in total. The molecule has 5 heteroatoms. The number of carbonyl (C=O) groups is 1. The molecule has 17 heavy (non-hydrogen) atoms. The maximum absolute atomic E-state index is 11.8. The zero-order valence-electron chi connectivity index (χ0n) is 9.65. The Hall–Kier alpha value is -1.36. The molecule has 92 valence electrons. The van der Waals surface area contributed by atoms with Crippen LogP contribution < -0.4 is 5.32 Å². The summed E-state index contributed by atoms with van der Waals surface area (Å²) in [6.07, 6.45) is 3.32. The SMILES string of the molecule is O=C(NC[C@@H]1CCOC1)c1cc(C2CC2)on1. The Morgan fingerprint density at radius 3 is 3.06 bits per heavy atom. The van der Waals surface area contributed by atoms with Crippen molar-refractivity contribution in [1.82, 2.24) is 10.5 Å². The first-order valence-electron chi connectivity index (χ1n) is 6.15. The summed E-state index contributed by atoms with van der Waals surface area (Å²) in [6.45, 7) is 2.20. The summed E-state index contributed by atoms with van der Waals surface area (Å²) in [5.41, 5.74) is 0.394. The third kappa shape index (κ3) is 2.49. The predicted octanol–water partition coefficient (Wildman–Crippen LogP) is 1.32. The molecule has 0 bridgehead atoms. The average Bonchev–Trinajstić information content (AvgIpc) is 2.88. The molecule has 2 fully saturated rings. The van der Waals surface area contributed by atoms with Crippen molar-refractivity contribution in [3.05, 3.63) is 17.5 Å². The lowest BCUT2D eigenvalue weighted by Crippen LogP contribution is -2.29. The van der Waals surface area contributed by atoms with Crippen LogP contribution in [-0.4, -0.2) is 30.8 Å². The normalized spacial score (nSPS) is 23.9. The summed E-state index contributed by atoms with van der Waals surface area (Å²) in [5, 5.41) is 6.68. The fourth-order valence-corrected chi connectivity index (χ4v) is 2.03. The van der Waals surface area contributed by atoms with Gasteiger partial charge in [-0.05, 0) is 19.3 Å². The van der Waals surface area contributed by atoms with Gasteiger partial charge in [-0.3, -0.25) is 4.79 Å². The van der Waals surface area contributed by atoms with Gasteiger partial charge in [0.05, 0.1) is 6.61 Å². The molecular formula is C12H16N2O3. The van der Waals surface area contributed by atoms with Crippen molar-refractivity contribution in [2.45, 2.75) is 25.2 Å². The second-order valence-corrected chi connectivity index (χ2v) is 4.83. The molecule has 2 heterocycles. The summed E-state index contributed by atoms with van der Waals surface area (Å²) in [4.78, 5) is 11.8. The van der Waals surface area contributed by atoms with Gasteiger partial charge in [-0.15, -0.1) is 0 Å². The number of hydrogen-bond donors (Lipinski definition) is 1. The van der Waals surface area contributed by atoms with Crippen LogP contribution in [0.4, 0.5) is 0 Å². The van der Waals surface area contributed by atoms with Crippen LogP contribution in [0.25, 0.3) is 0 Å². The van der Waals surface area contributed by atoms with Crippen LogP contribution in [0.2, 0.25) is 0 Å². The molecule has 0 radical (unpaired) electrons. The van der Waals surface area contributed by atoms with Crippen molar-refractivity contribution >= 4 is 5.91 Å². The standard InChI is InChI=1S/C12H16N2O3/c15-12(13-6-8-3-4-16-7-8)10-5-11(17-14-10)9-1-2-9/h5,8-9H,1-4,6-7H2,(H,13,15)/t8-/m0/s1. The van der Waals surface area contributed by atoms with E-state index in [0.717, 1.165) is 38.2 Å². The van der Waals surface area contributed by atoms with E-state index in [4.69, 9.17) is 9.26 Å². The molecule has 1 amide bonds. The lowest BCUT2D eigenvalue weighted by Gasteiger charge is -2.07. The highest BCUT2D eigenvalue weighted by Gasteiger charge is 2.29. The van der Waals surface area contributed by atoms with Crippen LogP contribution in [-0.2, 0) is 4.74 Å². The van der Waals surface area contributed by atoms with Gasteiger partial charge in [0.25, 0.3) is 5.91 Å². The lowest BCUT2D eigenvalue weighted by atomic mass is 10.1. The minimum Gasteiger partial charge on any atom is -0.381 e. The number of nitrogens with one attached hydrogen (secondary N) is 1. The van der Waals surface area contributed by atoms with E-state index in [2.05, 4.69) is 10.5 Å². The highest BCUT2D eigenvalue weighted by Crippen LogP contribution is 2.40. The Morgan fingerprint density at radius 2 is 2.35 bits per heavy atom. The summed E-state index contributed by atoms with van der Waals surface area (Å²) in [5.74, 6) is 1.63. The summed E-state index contributed by atoms with van der Waals surface area (Å²) in [6, 6.07) is 1.76. The quantitative estimate of drug-likeness (QED) is 0.856. The number of ether oxygens (including phenoxy) is 1. The first kappa shape index (κ1) is 10.8.